The molecule has 0 radical (unpaired) electrons. The predicted octanol–water partition coefficient (Wildman–Crippen LogP) is 4.53. The Morgan fingerprint density at radius 1 is 1.41 bits per heavy atom. The van der Waals surface area contributed by atoms with Gasteiger partial charge in [0.15, 0.2) is 6.61 Å². The first-order valence-electron chi connectivity index (χ1n) is 6.89. The van der Waals surface area contributed by atoms with Crippen LogP contribution in [-0.2, 0) is 9.47 Å². The number of hydrogen-bond acceptors (Lipinski definition) is 4. The summed E-state index contributed by atoms with van der Waals surface area (Å²) in [5.74, 6) is 0.419. The number of carbonyl (C=O) groups is 1. The molecule has 1 aromatic carbocycles. The summed E-state index contributed by atoms with van der Waals surface area (Å²) in [5, 5.41) is 3.41. The molecule has 1 aliphatic rings. The molecule has 1 atom stereocenters. The third-order valence-electron chi connectivity index (χ3n) is 2.99. The van der Waals surface area contributed by atoms with Crippen molar-refractivity contribution < 1.29 is 14.3 Å². The van der Waals surface area contributed by atoms with E-state index in [1.165, 1.54) is 0 Å². The number of hydrogen-bond donors (Lipinski definition) is 1. The number of ether oxygens (including phenoxy) is 2. The number of carbonyl (C=O) groups excluding carboxylic acids is 1. The summed E-state index contributed by atoms with van der Waals surface area (Å²) in [4.78, 5) is 16.2. The normalized spacial score (nSPS) is 19.9. The van der Waals surface area contributed by atoms with Crippen LogP contribution >= 0.6 is 23.2 Å². The van der Waals surface area contributed by atoms with E-state index in [0.29, 0.717) is 21.6 Å². The standard InChI is InChI=1S/C15H18Cl2N2O3/c1-9-7-15(2,3)19-13(22-9)8-21-14(20)18-12-5-10(16)4-11(17)6-12/h4-6,9H,7-8H2,1-3H3,(H,18,20). The fourth-order valence-electron chi connectivity index (χ4n) is 2.36. The second-order valence-corrected chi connectivity index (χ2v) is 6.68. The minimum atomic E-state index is -0.624. The van der Waals surface area contributed by atoms with Crippen molar-refractivity contribution in [2.24, 2.45) is 4.99 Å². The highest BCUT2D eigenvalue weighted by atomic mass is 35.5. The summed E-state index contributed by atoms with van der Waals surface area (Å²) in [6.07, 6.45) is 0.241. The van der Waals surface area contributed by atoms with E-state index < -0.39 is 6.09 Å². The maximum absolute atomic E-state index is 11.8. The average molecular weight is 345 g/mol. The lowest BCUT2D eigenvalue weighted by Crippen LogP contribution is -2.36. The molecule has 1 aromatic rings. The van der Waals surface area contributed by atoms with Crippen LogP contribution in [0.15, 0.2) is 23.2 Å². The number of nitrogens with one attached hydrogen (secondary N) is 1. The van der Waals surface area contributed by atoms with E-state index in [-0.39, 0.29) is 18.2 Å². The molecule has 0 spiro atoms. The maximum Gasteiger partial charge on any atom is 0.412 e. The Morgan fingerprint density at radius 2 is 2.05 bits per heavy atom. The van der Waals surface area contributed by atoms with Crippen LogP contribution in [0.5, 0.6) is 0 Å². The van der Waals surface area contributed by atoms with Gasteiger partial charge in [0.05, 0.1) is 11.6 Å². The number of halogens is 2. The zero-order chi connectivity index (χ0) is 16.3. The third kappa shape index (κ3) is 5.07. The molecule has 0 saturated carbocycles. The van der Waals surface area contributed by atoms with Crippen molar-refractivity contribution in [3.63, 3.8) is 0 Å². The fraction of sp³-hybridized carbons (Fsp3) is 0.467. The topological polar surface area (TPSA) is 59.9 Å². The minimum absolute atomic E-state index is 0.0199. The Hall–Kier alpha value is -1.46. The van der Waals surface area contributed by atoms with Crippen molar-refractivity contribution in [3.05, 3.63) is 28.2 Å². The van der Waals surface area contributed by atoms with E-state index in [0.717, 1.165) is 6.42 Å². The van der Waals surface area contributed by atoms with Gasteiger partial charge in [0.1, 0.15) is 0 Å². The number of anilines is 1. The van der Waals surface area contributed by atoms with Crippen LogP contribution in [0, 0.1) is 0 Å². The van der Waals surface area contributed by atoms with E-state index in [2.05, 4.69) is 10.3 Å². The molecule has 1 amide bonds. The summed E-state index contributed by atoms with van der Waals surface area (Å²) in [7, 11) is 0. The van der Waals surface area contributed by atoms with Gasteiger partial charge >= 0.3 is 6.09 Å². The van der Waals surface area contributed by atoms with E-state index in [1.807, 2.05) is 20.8 Å². The van der Waals surface area contributed by atoms with Gasteiger partial charge in [0.2, 0.25) is 5.90 Å². The molecule has 5 nitrogen and oxygen atoms in total. The van der Waals surface area contributed by atoms with Crippen molar-refractivity contribution in [2.45, 2.75) is 38.8 Å². The van der Waals surface area contributed by atoms with Gasteiger partial charge in [-0.15, -0.1) is 0 Å². The lowest BCUT2D eigenvalue weighted by Gasteiger charge is -2.31. The molecule has 1 unspecified atom stereocenters. The van der Waals surface area contributed by atoms with E-state index in [4.69, 9.17) is 32.7 Å². The van der Waals surface area contributed by atoms with Gasteiger partial charge in [-0.2, -0.15) is 0 Å². The highest BCUT2D eigenvalue weighted by Gasteiger charge is 2.28. The maximum atomic E-state index is 11.8. The second kappa shape index (κ2) is 6.75. The fourth-order valence-corrected chi connectivity index (χ4v) is 2.89. The Labute approximate surface area is 139 Å². The molecule has 1 heterocycles. The Kier molecular flexibility index (Phi) is 5.19. The monoisotopic (exact) mass is 344 g/mol. The molecule has 0 aliphatic carbocycles. The van der Waals surface area contributed by atoms with Crippen LogP contribution in [0.1, 0.15) is 27.2 Å². The molecular weight excluding hydrogens is 327 g/mol. The third-order valence-corrected chi connectivity index (χ3v) is 3.42. The van der Waals surface area contributed by atoms with Gasteiger partial charge in [-0.1, -0.05) is 23.2 Å². The van der Waals surface area contributed by atoms with Crippen LogP contribution in [-0.4, -0.2) is 30.2 Å². The molecule has 1 aliphatic heterocycles. The van der Waals surface area contributed by atoms with Gasteiger partial charge in [0, 0.05) is 22.2 Å². The zero-order valence-corrected chi connectivity index (χ0v) is 14.2. The first-order chi connectivity index (χ1) is 10.2. The number of amides is 1. The SMILES string of the molecule is CC1CC(C)(C)N=C(COC(=O)Nc2cc(Cl)cc(Cl)c2)O1. The quantitative estimate of drug-likeness (QED) is 0.876. The van der Waals surface area contributed by atoms with Crippen molar-refractivity contribution in [1.29, 1.82) is 0 Å². The summed E-state index contributed by atoms with van der Waals surface area (Å²) in [6.45, 7) is 5.97. The van der Waals surface area contributed by atoms with Gasteiger partial charge < -0.3 is 9.47 Å². The Morgan fingerprint density at radius 3 is 2.64 bits per heavy atom. The summed E-state index contributed by atoms with van der Waals surface area (Å²) in [5.41, 5.74) is 0.246. The van der Waals surface area contributed by atoms with Crippen molar-refractivity contribution >= 4 is 40.9 Å². The first kappa shape index (κ1) is 16.9. The molecule has 0 aromatic heterocycles. The molecule has 22 heavy (non-hydrogen) atoms. The first-order valence-corrected chi connectivity index (χ1v) is 7.64. The smallest absolute Gasteiger partial charge is 0.412 e. The molecule has 0 bridgehead atoms. The number of nitrogens with zero attached hydrogens (tertiary/aromatic N) is 1. The number of aliphatic imine (C=N–C) groups is 1. The van der Waals surface area contributed by atoms with Crippen LogP contribution in [0.25, 0.3) is 0 Å². The molecule has 0 fully saturated rings. The number of rotatable bonds is 3. The van der Waals surface area contributed by atoms with Gasteiger partial charge in [0.25, 0.3) is 0 Å². The molecular formula is C15H18Cl2N2O3. The van der Waals surface area contributed by atoms with Gasteiger partial charge in [-0.3, -0.25) is 5.32 Å². The molecule has 0 saturated heterocycles. The van der Waals surface area contributed by atoms with Gasteiger partial charge in [-0.05, 0) is 39.0 Å². The highest BCUT2D eigenvalue weighted by molar-refractivity contribution is 6.35. The second-order valence-electron chi connectivity index (χ2n) is 5.81. The van der Waals surface area contributed by atoms with Crippen LogP contribution in [0.3, 0.4) is 0 Å². The summed E-state index contributed by atoms with van der Waals surface area (Å²) < 4.78 is 10.7. The highest BCUT2D eigenvalue weighted by Crippen LogP contribution is 2.24. The van der Waals surface area contributed by atoms with E-state index in [1.54, 1.807) is 18.2 Å². The summed E-state index contributed by atoms with van der Waals surface area (Å²) in [6, 6.07) is 4.73. The molecule has 120 valence electrons. The van der Waals surface area contributed by atoms with Crippen LogP contribution in [0.2, 0.25) is 10.0 Å². The molecule has 2 rings (SSSR count). The Bertz CT molecular complexity index is 582. The van der Waals surface area contributed by atoms with Crippen LogP contribution < -0.4 is 5.32 Å². The van der Waals surface area contributed by atoms with Crippen molar-refractivity contribution in [1.82, 2.24) is 0 Å². The largest absolute Gasteiger partial charge is 0.475 e. The lowest BCUT2D eigenvalue weighted by molar-refractivity contribution is 0.118. The minimum Gasteiger partial charge on any atom is -0.475 e. The lowest BCUT2D eigenvalue weighted by atomic mass is 9.97. The predicted molar refractivity (Wildman–Crippen MR) is 88.1 cm³/mol. The number of benzene rings is 1. The van der Waals surface area contributed by atoms with Gasteiger partial charge in [-0.25, -0.2) is 9.79 Å². The van der Waals surface area contributed by atoms with E-state index >= 15 is 0 Å². The van der Waals surface area contributed by atoms with Crippen molar-refractivity contribution in [2.75, 3.05) is 11.9 Å². The molecule has 7 heteroatoms. The zero-order valence-electron chi connectivity index (χ0n) is 12.7. The average Bonchev–Trinajstić information content (AvgIpc) is 2.32. The van der Waals surface area contributed by atoms with E-state index in [9.17, 15) is 4.79 Å². The van der Waals surface area contributed by atoms with Crippen LogP contribution in [0.4, 0.5) is 10.5 Å². The summed E-state index contributed by atoms with van der Waals surface area (Å²) >= 11 is 11.7. The van der Waals surface area contributed by atoms with Crippen molar-refractivity contribution in [3.8, 4) is 0 Å². The molecule has 1 N–H and O–H groups in total. The Balaban J connectivity index is 1.91.